The largest absolute Gasteiger partial charge is 0.322 e. The minimum absolute atomic E-state index is 0.0392. The van der Waals surface area contributed by atoms with Crippen LogP contribution in [0.2, 0.25) is 0 Å². The minimum atomic E-state index is -0.0557. The second-order valence-electron chi connectivity index (χ2n) is 5.17. The Labute approximate surface area is 103 Å². The van der Waals surface area contributed by atoms with Gasteiger partial charge in [0.2, 0.25) is 5.91 Å². The zero-order valence-corrected chi connectivity index (χ0v) is 11.3. The van der Waals surface area contributed by atoms with Gasteiger partial charge in [0.05, 0.1) is 17.9 Å². The van der Waals surface area contributed by atoms with Gasteiger partial charge in [0.1, 0.15) is 0 Å². The van der Waals surface area contributed by atoms with E-state index in [2.05, 4.69) is 15.7 Å². The molecule has 17 heavy (non-hydrogen) atoms. The maximum atomic E-state index is 11.7. The summed E-state index contributed by atoms with van der Waals surface area (Å²) in [4.78, 5) is 11.7. The molecule has 5 heteroatoms. The van der Waals surface area contributed by atoms with Gasteiger partial charge in [0, 0.05) is 18.8 Å². The highest BCUT2D eigenvalue weighted by Crippen LogP contribution is 2.13. The van der Waals surface area contributed by atoms with Gasteiger partial charge >= 0.3 is 0 Å². The van der Waals surface area contributed by atoms with Gasteiger partial charge in [-0.1, -0.05) is 6.92 Å². The summed E-state index contributed by atoms with van der Waals surface area (Å²) >= 11 is 0. The Kier molecular flexibility index (Phi) is 4.28. The highest BCUT2D eigenvalue weighted by atomic mass is 16.1. The van der Waals surface area contributed by atoms with E-state index in [0.29, 0.717) is 6.54 Å². The summed E-state index contributed by atoms with van der Waals surface area (Å²) in [6.07, 6.45) is 2.64. The first-order valence-corrected chi connectivity index (χ1v) is 5.89. The summed E-state index contributed by atoms with van der Waals surface area (Å²) < 4.78 is 1.71. The van der Waals surface area contributed by atoms with Gasteiger partial charge in [0.25, 0.3) is 0 Å². The second kappa shape index (κ2) is 5.31. The normalized spacial score (nSPS) is 11.6. The van der Waals surface area contributed by atoms with Crippen LogP contribution in [0, 0.1) is 0 Å². The fraction of sp³-hybridized carbons (Fsp3) is 0.667. The van der Waals surface area contributed by atoms with Crippen molar-refractivity contribution in [1.29, 1.82) is 0 Å². The van der Waals surface area contributed by atoms with E-state index in [9.17, 15) is 4.79 Å². The molecule has 1 heterocycles. The second-order valence-corrected chi connectivity index (χ2v) is 5.17. The number of aryl methyl sites for hydroxylation is 2. The Morgan fingerprint density at radius 1 is 1.47 bits per heavy atom. The van der Waals surface area contributed by atoms with E-state index >= 15 is 0 Å². The molecule has 1 amide bonds. The number of rotatable bonds is 4. The molecule has 1 rings (SSSR count). The quantitative estimate of drug-likeness (QED) is 0.831. The van der Waals surface area contributed by atoms with Crippen LogP contribution in [0.5, 0.6) is 0 Å². The smallest absolute Gasteiger partial charge is 0.238 e. The number of carbonyl (C=O) groups excluding carboxylic acids is 1. The van der Waals surface area contributed by atoms with Crippen LogP contribution in [-0.4, -0.2) is 27.8 Å². The Balaban J connectivity index is 2.56. The molecule has 1 aromatic rings. The lowest BCUT2D eigenvalue weighted by atomic mass is 10.1. The first-order valence-electron chi connectivity index (χ1n) is 5.89. The van der Waals surface area contributed by atoms with Crippen molar-refractivity contribution in [2.24, 2.45) is 7.05 Å². The molecule has 2 N–H and O–H groups in total. The van der Waals surface area contributed by atoms with Crippen molar-refractivity contribution in [2.75, 3.05) is 11.9 Å². The zero-order chi connectivity index (χ0) is 13.1. The lowest BCUT2D eigenvalue weighted by Gasteiger charge is -2.19. The molecule has 0 saturated carbocycles. The zero-order valence-electron chi connectivity index (χ0n) is 11.3. The van der Waals surface area contributed by atoms with E-state index in [-0.39, 0.29) is 11.4 Å². The summed E-state index contributed by atoms with van der Waals surface area (Å²) in [5.74, 6) is -0.0392. The lowest BCUT2D eigenvalue weighted by molar-refractivity contribution is -0.115. The van der Waals surface area contributed by atoms with Gasteiger partial charge in [-0.15, -0.1) is 0 Å². The van der Waals surface area contributed by atoms with Crippen LogP contribution in [0.3, 0.4) is 0 Å². The predicted molar refractivity (Wildman–Crippen MR) is 69.0 cm³/mol. The Bertz CT molecular complexity index is 390. The van der Waals surface area contributed by atoms with Crippen molar-refractivity contribution in [1.82, 2.24) is 15.1 Å². The highest BCUT2D eigenvalue weighted by Gasteiger charge is 2.13. The fourth-order valence-electron chi connectivity index (χ4n) is 1.44. The third-order valence-corrected chi connectivity index (χ3v) is 2.29. The van der Waals surface area contributed by atoms with Crippen LogP contribution in [0.1, 0.15) is 33.4 Å². The standard InChI is InChI=1S/C12H22N4O/c1-6-9-10(8-16(5)15-9)14-11(17)7-13-12(2,3)4/h8,13H,6-7H2,1-5H3,(H,14,17). The summed E-state index contributed by atoms with van der Waals surface area (Å²) in [5, 5.41) is 10.3. The summed E-state index contributed by atoms with van der Waals surface area (Å²) in [6, 6.07) is 0. The molecular weight excluding hydrogens is 216 g/mol. The van der Waals surface area contributed by atoms with Crippen LogP contribution in [0.25, 0.3) is 0 Å². The third kappa shape index (κ3) is 4.56. The number of hydrogen-bond acceptors (Lipinski definition) is 3. The van der Waals surface area contributed by atoms with Crippen molar-refractivity contribution in [3.05, 3.63) is 11.9 Å². The molecule has 96 valence electrons. The Morgan fingerprint density at radius 2 is 2.12 bits per heavy atom. The van der Waals surface area contributed by atoms with E-state index in [0.717, 1.165) is 17.8 Å². The minimum Gasteiger partial charge on any atom is -0.322 e. The average Bonchev–Trinajstić information content (AvgIpc) is 2.55. The van der Waals surface area contributed by atoms with Crippen LogP contribution in [-0.2, 0) is 18.3 Å². The van der Waals surface area contributed by atoms with E-state index in [1.807, 2.05) is 40.9 Å². The SMILES string of the molecule is CCc1nn(C)cc1NC(=O)CNC(C)(C)C. The number of nitrogens with one attached hydrogen (secondary N) is 2. The first kappa shape index (κ1) is 13.7. The molecule has 0 aliphatic rings. The fourth-order valence-corrected chi connectivity index (χ4v) is 1.44. The molecule has 0 aromatic carbocycles. The molecule has 0 fully saturated rings. The van der Waals surface area contributed by atoms with Gasteiger partial charge in [-0.2, -0.15) is 5.10 Å². The maximum absolute atomic E-state index is 11.7. The van der Waals surface area contributed by atoms with Crippen LogP contribution in [0.4, 0.5) is 5.69 Å². The van der Waals surface area contributed by atoms with Gasteiger partial charge in [-0.3, -0.25) is 9.48 Å². The number of amides is 1. The lowest BCUT2D eigenvalue weighted by Crippen LogP contribution is -2.41. The van der Waals surface area contributed by atoms with E-state index in [4.69, 9.17) is 0 Å². The average molecular weight is 238 g/mol. The molecule has 0 atom stereocenters. The molecule has 0 aliphatic heterocycles. The third-order valence-electron chi connectivity index (χ3n) is 2.29. The van der Waals surface area contributed by atoms with Crippen molar-refractivity contribution >= 4 is 11.6 Å². The number of aromatic nitrogens is 2. The summed E-state index contributed by atoms with van der Waals surface area (Å²) in [6.45, 7) is 8.42. The highest BCUT2D eigenvalue weighted by molar-refractivity contribution is 5.92. The summed E-state index contributed by atoms with van der Waals surface area (Å²) in [7, 11) is 1.85. The Morgan fingerprint density at radius 3 is 2.65 bits per heavy atom. The molecule has 1 aromatic heterocycles. The molecule has 0 radical (unpaired) electrons. The molecule has 0 unspecified atom stereocenters. The predicted octanol–water partition coefficient (Wildman–Crippen LogP) is 1.31. The van der Waals surface area contributed by atoms with E-state index in [1.54, 1.807) is 4.68 Å². The van der Waals surface area contributed by atoms with Crippen molar-refractivity contribution in [3.63, 3.8) is 0 Å². The van der Waals surface area contributed by atoms with Gasteiger partial charge in [-0.25, -0.2) is 0 Å². The number of anilines is 1. The first-order chi connectivity index (χ1) is 7.81. The molecule has 0 saturated heterocycles. The van der Waals surface area contributed by atoms with Gasteiger partial charge in [0.15, 0.2) is 0 Å². The van der Waals surface area contributed by atoms with Crippen LogP contribution in [0.15, 0.2) is 6.20 Å². The van der Waals surface area contributed by atoms with Gasteiger partial charge < -0.3 is 10.6 Å². The molecule has 5 nitrogen and oxygen atoms in total. The van der Waals surface area contributed by atoms with Gasteiger partial charge in [-0.05, 0) is 27.2 Å². The van der Waals surface area contributed by atoms with E-state index in [1.165, 1.54) is 0 Å². The topological polar surface area (TPSA) is 59.0 Å². The molecule has 0 aliphatic carbocycles. The van der Waals surface area contributed by atoms with Crippen molar-refractivity contribution in [2.45, 2.75) is 39.7 Å². The number of hydrogen-bond donors (Lipinski definition) is 2. The van der Waals surface area contributed by atoms with E-state index < -0.39 is 0 Å². The monoisotopic (exact) mass is 238 g/mol. The van der Waals surface area contributed by atoms with Crippen molar-refractivity contribution in [3.8, 4) is 0 Å². The molecular formula is C12H22N4O. The molecule has 0 bridgehead atoms. The Hall–Kier alpha value is -1.36. The maximum Gasteiger partial charge on any atom is 0.238 e. The van der Waals surface area contributed by atoms with Crippen molar-refractivity contribution < 1.29 is 4.79 Å². The number of nitrogens with zero attached hydrogens (tertiary/aromatic N) is 2. The van der Waals surface area contributed by atoms with Crippen LogP contribution >= 0.6 is 0 Å². The number of carbonyl (C=O) groups is 1. The van der Waals surface area contributed by atoms with Crippen LogP contribution < -0.4 is 10.6 Å². The molecule has 0 spiro atoms. The summed E-state index contributed by atoms with van der Waals surface area (Å²) in [5.41, 5.74) is 1.66.